The molecule has 206 valence electrons. The van der Waals surface area contributed by atoms with E-state index in [9.17, 15) is 0 Å². The molecular weight excluding hydrogens is 494 g/mol. The van der Waals surface area contributed by atoms with Crippen LogP contribution in [0.2, 0.25) is 0 Å². The molecular formula is C33H39N7. The maximum atomic E-state index is 6.46. The molecule has 2 fully saturated rings. The number of hydrogen-bond acceptors (Lipinski definition) is 6. The topological polar surface area (TPSA) is 75.6 Å². The first-order valence-electron chi connectivity index (χ1n) is 14.3. The number of allylic oxidation sites excluding steroid dienone is 2. The summed E-state index contributed by atoms with van der Waals surface area (Å²) in [6.45, 7) is 14.2. The molecule has 4 heterocycles. The smallest absolute Gasteiger partial charge is 0.150 e. The first-order chi connectivity index (χ1) is 19.4. The van der Waals surface area contributed by atoms with Gasteiger partial charge in [0.25, 0.3) is 0 Å². The van der Waals surface area contributed by atoms with Gasteiger partial charge in [-0.2, -0.15) is 0 Å². The van der Waals surface area contributed by atoms with Crippen molar-refractivity contribution in [1.29, 1.82) is 0 Å². The molecule has 0 spiro atoms. The fraction of sp³-hybridized carbons (Fsp3) is 0.364. The van der Waals surface area contributed by atoms with Crippen molar-refractivity contribution in [1.82, 2.24) is 29.2 Å². The molecule has 1 aliphatic carbocycles. The Hall–Kier alpha value is -3.81. The number of piperazine rings is 1. The molecule has 7 heteroatoms. The predicted octanol–water partition coefficient (Wildman–Crippen LogP) is 5.71. The monoisotopic (exact) mass is 533 g/mol. The summed E-state index contributed by atoms with van der Waals surface area (Å²) in [5, 5.41) is 0. The van der Waals surface area contributed by atoms with Crippen LogP contribution in [0.15, 0.2) is 61.4 Å². The van der Waals surface area contributed by atoms with Crippen LogP contribution in [0, 0.1) is 5.92 Å². The van der Waals surface area contributed by atoms with Gasteiger partial charge in [0.2, 0.25) is 0 Å². The zero-order valence-electron chi connectivity index (χ0n) is 23.8. The molecule has 1 saturated heterocycles. The molecule has 6 rings (SSSR count). The van der Waals surface area contributed by atoms with Crippen LogP contribution in [0.1, 0.15) is 55.4 Å². The number of anilines is 1. The van der Waals surface area contributed by atoms with Crippen LogP contribution < -0.4 is 5.73 Å². The van der Waals surface area contributed by atoms with Gasteiger partial charge in [-0.05, 0) is 62.9 Å². The van der Waals surface area contributed by atoms with E-state index in [4.69, 9.17) is 15.7 Å². The van der Waals surface area contributed by atoms with E-state index in [1.165, 1.54) is 32.7 Å². The van der Waals surface area contributed by atoms with Gasteiger partial charge in [0.15, 0.2) is 0 Å². The molecule has 2 aliphatic rings. The van der Waals surface area contributed by atoms with Crippen molar-refractivity contribution in [3.05, 3.63) is 84.2 Å². The Morgan fingerprint density at radius 2 is 1.77 bits per heavy atom. The number of benzene rings is 1. The normalized spacial score (nSPS) is 20.5. The fourth-order valence-electron chi connectivity index (χ4n) is 6.13. The average Bonchev–Trinajstić information content (AvgIpc) is 3.32. The van der Waals surface area contributed by atoms with E-state index in [0.29, 0.717) is 11.7 Å². The number of likely N-dealkylation sites (N-methyl/N-ethyl adjacent to an activating group) is 1. The lowest BCUT2D eigenvalue weighted by molar-refractivity contribution is 0.104. The van der Waals surface area contributed by atoms with Gasteiger partial charge in [0.05, 0.1) is 17.1 Å². The van der Waals surface area contributed by atoms with Crippen molar-refractivity contribution in [2.24, 2.45) is 5.92 Å². The van der Waals surface area contributed by atoms with E-state index in [2.05, 4.69) is 70.1 Å². The SMILES string of the molecule is C=C(C)c1ccc(-c2ccccc2)nc1/C=C(\C)c1nc(C2CC(CN3CCN(C)CC3)C2)n2ccnc(N)c12. The highest BCUT2D eigenvalue weighted by Gasteiger charge is 2.35. The number of nitrogens with zero attached hydrogens (tertiary/aromatic N) is 6. The largest absolute Gasteiger partial charge is 0.382 e. The highest BCUT2D eigenvalue weighted by Crippen LogP contribution is 2.43. The van der Waals surface area contributed by atoms with Crippen molar-refractivity contribution in [3.63, 3.8) is 0 Å². The number of aromatic nitrogens is 4. The van der Waals surface area contributed by atoms with Crippen LogP contribution in [0.3, 0.4) is 0 Å². The van der Waals surface area contributed by atoms with Crippen molar-refractivity contribution in [3.8, 4) is 11.3 Å². The van der Waals surface area contributed by atoms with E-state index >= 15 is 0 Å². The molecule has 4 aromatic rings. The van der Waals surface area contributed by atoms with Crippen LogP contribution in [-0.4, -0.2) is 68.9 Å². The first-order valence-corrected chi connectivity index (χ1v) is 14.3. The minimum atomic E-state index is 0.429. The van der Waals surface area contributed by atoms with Gasteiger partial charge in [-0.15, -0.1) is 0 Å². The fourth-order valence-corrected chi connectivity index (χ4v) is 6.13. The summed E-state index contributed by atoms with van der Waals surface area (Å²) in [4.78, 5) is 19.7. The van der Waals surface area contributed by atoms with Crippen molar-refractivity contribution >= 4 is 28.6 Å². The minimum Gasteiger partial charge on any atom is -0.382 e. The third-order valence-corrected chi connectivity index (χ3v) is 8.50. The van der Waals surface area contributed by atoms with Gasteiger partial charge in [0.1, 0.15) is 17.2 Å². The second kappa shape index (κ2) is 11.0. The quantitative estimate of drug-likeness (QED) is 0.328. The van der Waals surface area contributed by atoms with Gasteiger partial charge in [-0.3, -0.25) is 4.40 Å². The lowest BCUT2D eigenvalue weighted by Gasteiger charge is -2.40. The Kier molecular flexibility index (Phi) is 7.26. The van der Waals surface area contributed by atoms with E-state index < -0.39 is 0 Å². The highest BCUT2D eigenvalue weighted by molar-refractivity contribution is 5.90. The number of nitrogen functional groups attached to an aromatic ring is 1. The summed E-state index contributed by atoms with van der Waals surface area (Å²) in [6, 6.07) is 14.4. The van der Waals surface area contributed by atoms with Gasteiger partial charge < -0.3 is 15.5 Å². The van der Waals surface area contributed by atoms with Crippen LogP contribution in [0.25, 0.3) is 34.0 Å². The molecule has 0 atom stereocenters. The summed E-state index contributed by atoms with van der Waals surface area (Å²) in [5.41, 5.74) is 14.1. The third kappa shape index (κ3) is 5.19. The van der Waals surface area contributed by atoms with Gasteiger partial charge in [-0.25, -0.2) is 15.0 Å². The molecule has 3 aromatic heterocycles. The van der Waals surface area contributed by atoms with Crippen LogP contribution >= 0.6 is 0 Å². The van der Waals surface area contributed by atoms with E-state index in [-0.39, 0.29) is 0 Å². The zero-order chi connectivity index (χ0) is 27.8. The molecule has 1 saturated carbocycles. The number of pyridine rings is 1. The lowest BCUT2D eigenvalue weighted by Crippen LogP contribution is -2.47. The standard InChI is InChI=1S/C33H39N7/c1-22(2)27-10-11-28(25-8-6-5-7-9-25)36-29(27)18-23(3)30-31-32(34)35-12-13-40(31)33(37-30)26-19-24(20-26)21-39-16-14-38(4)15-17-39/h5-13,18,24,26H,1,14-17,19-21H2,2-4H3,(H2,34,35)/b23-18+. The zero-order valence-corrected chi connectivity index (χ0v) is 23.8. The second-order valence-corrected chi connectivity index (χ2v) is 11.6. The average molecular weight is 534 g/mol. The Labute approximate surface area is 237 Å². The summed E-state index contributed by atoms with van der Waals surface area (Å²) in [5.74, 6) is 2.75. The van der Waals surface area contributed by atoms with Gasteiger partial charge >= 0.3 is 0 Å². The van der Waals surface area contributed by atoms with Crippen LogP contribution in [0.4, 0.5) is 5.82 Å². The number of fused-ring (bicyclic) bond motifs is 1. The Balaban J connectivity index is 1.31. The molecule has 0 bridgehead atoms. The van der Waals surface area contributed by atoms with Gasteiger partial charge in [-0.1, -0.05) is 43.0 Å². The maximum Gasteiger partial charge on any atom is 0.150 e. The second-order valence-electron chi connectivity index (χ2n) is 11.6. The van der Waals surface area contributed by atoms with E-state index in [1.54, 1.807) is 6.20 Å². The molecule has 0 unspecified atom stereocenters. The summed E-state index contributed by atoms with van der Waals surface area (Å²) >= 11 is 0. The number of rotatable bonds is 7. The van der Waals surface area contributed by atoms with Crippen molar-refractivity contribution in [2.45, 2.75) is 32.6 Å². The van der Waals surface area contributed by atoms with Crippen molar-refractivity contribution in [2.75, 3.05) is 45.5 Å². The Morgan fingerprint density at radius 1 is 1.02 bits per heavy atom. The van der Waals surface area contributed by atoms with Crippen molar-refractivity contribution < 1.29 is 0 Å². The van der Waals surface area contributed by atoms with Crippen LogP contribution in [0.5, 0.6) is 0 Å². The lowest BCUT2D eigenvalue weighted by atomic mass is 9.74. The summed E-state index contributed by atoms with van der Waals surface area (Å²) < 4.78 is 2.17. The van der Waals surface area contributed by atoms with Gasteiger partial charge in [0, 0.05) is 62.2 Å². The van der Waals surface area contributed by atoms with E-state index in [1.807, 2.05) is 31.3 Å². The highest BCUT2D eigenvalue weighted by atomic mass is 15.2. The molecule has 1 aromatic carbocycles. The summed E-state index contributed by atoms with van der Waals surface area (Å²) in [7, 11) is 2.21. The number of imidazole rings is 1. The predicted molar refractivity (Wildman–Crippen MR) is 165 cm³/mol. The summed E-state index contributed by atoms with van der Waals surface area (Å²) in [6.07, 6.45) is 8.23. The molecule has 0 amide bonds. The first kappa shape index (κ1) is 26.4. The number of hydrogen-bond donors (Lipinski definition) is 1. The molecule has 0 radical (unpaired) electrons. The Morgan fingerprint density at radius 3 is 2.50 bits per heavy atom. The third-order valence-electron chi connectivity index (χ3n) is 8.50. The maximum absolute atomic E-state index is 6.46. The molecule has 7 nitrogen and oxygen atoms in total. The number of nitrogens with two attached hydrogens (primary N) is 1. The Bertz CT molecular complexity index is 1550. The molecule has 40 heavy (non-hydrogen) atoms. The molecule has 2 N–H and O–H groups in total. The molecule has 1 aliphatic heterocycles. The van der Waals surface area contributed by atoms with Crippen LogP contribution in [-0.2, 0) is 0 Å². The minimum absolute atomic E-state index is 0.429. The van der Waals surface area contributed by atoms with E-state index in [0.717, 1.165) is 69.5 Å².